The van der Waals surface area contributed by atoms with E-state index in [1.165, 1.54) is 5.10 Å². The van der Waals surface area contributed by atoms with Crippen molar-refractivity contribution in [2.45, 2.75) is 12.1 Å². The highest BCUT2D eigenvalue weighted by Gasteiger charge is 2.62. The van der Waals surface area contributed by atoms with Gasteiger partial charge in [-0.25, -0.2) is 9.89 Å². The predicted octanol–water partition coefficient (Wildman–Crippen LogP) is 1.02. The number of alkyl halides is 5. The molecule has 9 heteroatoms. The van der Waals surface area contributed by atoms with Crippen molar-refractivity contribution in [3.05, 3.63) is 16.4 Å². The molecular formula is C4HF5N2O2. The minimum absolute atomic E-state index is 1.29. The third-order valence-electron chi connectivity index (χ3n) is 1.06. The Hall–Kier alpha value is -1.41. The van der Waals surface area contributed by atoms with Crippen molar-refractivity contribution in [2.75, 3.05) is 0 Å². The second-order valence-corrected chi connectivity index (χ2v) is 1.99. The van der Waals surface area contributed by atoms with Crippen molar-refractivity contribution < 1.29 is 26.4 Å². The second kappa shape index (κ2) is 2.54. The molecule has 0 fully saturated rings. The number of hydrogen-bond acceptors (Lipinski definition) is 3. The average molecular weight is 204 g/mol. The highest BCUT2D eigenvalue weighted by atomic mass is 19.4. The van der Waals surface area contributed by atoms with Gasteiger partial charge in [0.1, 0.15) is 0 Å². The van der Waals surface area contributed by atoms with Crippen LogP contribution >= 0.6 is 0 Å². The molecule has 13 heavy (non-hydrogen) atoms. The molecule has 0 radical (unpaired) electrons. The largest absolute Gasteiger partial charge is 0.463 e. The van der Waals surface area contributed by atoms with Gasteiger partial charge in [0.25, 0.3) is 5.89 Å². The quantitative estimate of drug-likeness (QED) is 0.694. The van der Waals surface area contributed by atoms with E-state index in [-0.39, 0.29) is 0 Å². The standard InChI is InChI=1S/C4HF5N2O2/c5-3(6,4(7,8)9)1-10-11-2(12)13-1/h(H,11,12). The molecule has 0 unspecified atom stereocenters. The Morgan fingerprint density at radius 3 is 2.08 bits per heavy atom. The first-order chi connectivity index (χ1) is 5.75. The number of aromatic nitrogens is 2. The van der Waals surface area contributed by atoms with Crippen LogP contribution in [0.15, 0.2) is 9.21 Å². The molecule has 1 aromatic heterocycles. The minimum atomic E-state index is -5.84. The Kier molecular flexibility index (Phi) is 1.89. The molecule has 74 valence electrons. The Bertz CT molecular complexity index is 350. The van der Waals surface area contributed by atoms with E-state index in [4.69, 9.17) is 0 Å². The van der Waals surface area contributed by atoms with Gasteiger partial charge in [0.05, 0.1) is 0 Å². The van der Waals surface area contributed by atoms with E-state index in [0.29, 0.717) is 0 Å². The fourth-order valence-electron chi connectivity index (χ4n) is 0.485. The Balaban J connectivity index is 3.14. The molecule has 0 bridgehead atoms. The highest BCUT2D eigenvalue weighted by Crippen LogP contribution is 2.42. The Morgan fingerprint density at radius 2 is 1.77 bits per heavy atom. The zero-order chi connectivity index (χ0) is 10.3. The van der Waals surface area contributed by atoms with Gasteiger partial charge in [0.2, 0.25) is 0 Å². The first kappa shape index (κ1) is 9.68. The van der Waals surface area contributed by atoms with Crippen molar-refractivity contribution in [3.63, 3.8) is 0 Å². The topological polar surface area (TPSA) is 58.9 Å². The average Bonchev–Trinajstić information content (AvgIpc) is 2.33. The molecule has 0 atom stereocenters. The Labute approximate surface area is 66.4 Å². The molecule has 0 aromatic carbocycles. The first-order valence-electron chi connectivity index (χ1n) is 2.75. The van der Waals surface area contributed by atoms with Crippen LogP contribution in [0.4, 0.5) is 22.0 Å². The normalized spacial score (nSPS) is 13.3. The molecule has 4 nitrogen and oxygen atoms in total. The highest BCUT2D eigenvalue weighted by molar-refractivity contribution is 4.92. The number of halogens is 5. The van der Waals surface area contributed by atoms with Crippen molar-refractivity contribution in [2.24, 2.45) is 0 Å². The maximum Gasteiger partial charge on any atom is 0.463 e. The van der Waals surface area contributed by atoms with E-state index in [9.17, 15) is 26.7 Å². The summed E-state index contributed by atoms with van der Waals surface area (Å²) in [5.74, 6) is -8.73. The maximum atomic E-state index is 12.2. The van der Waals surface area contributed by atoms with Crippen molar-refractivity contribution in [3.8, 4) is 0 Å². The number of nitrogens with zero attached hydrogens (tertiary/aromatic N) is 1. The summed E-state index contributed by atoms with van der Waals surface area (Å²) in [6.45, 7) is 0. The number of rotatable bonds is 1. The van der Waals surface area contributed by atoms with Gasteiger partial charge in [-0.05, 0) is 0 Å². The molecule has 0 aliphatic carbocycles. The van der Waals surface area contributed by atoms with Crippen molar-refractivity contribution in [1.82, 2.24) is 10.2 Å². The third kappa shape index (κ3) is 1.53. The molecule has 1 N–H and O–H groups in total. The monoisotopic (exact) mass is 204 g/mol. The van der Waals surface area contributed by atoms with Crippen LogP contribution in [0.2, 0.25) is 0 Å². The van der Waals surface area contributed by atoms with E-state index >= 15 is 0 Å². The van der Waals surface area contributed by atoms with Crippen LogP contribution in [0.25, 0.3) is 0 Å². The van der Waals surface area contributed by atoms with Crippen LogP contribution in [0, 0.1) is 0 Å². The predicted molar refractivity (Wildman–Crippen MR) is 27.1 cm³/mol. The summed E-state index contributed by atoms with van der Waals surface area (Å²) in [5.41, 5.74) is 0. The summed E-state index contributed by atoms with van der Waals surface area (Å²) in [6.07, 6.45) is -5.84. The summed E-state index contributed by atoms with van der Waals surface area (Å²) in [5, 5.41) is 3.67. The van der Waals surface area contributed by atoms with Gasteiger partial charge in [-0.2, -0.15) is 22.0 Å². The smallest absolute Gasteiger partial charge is 0.385 e. The second-order valence-electron chi connectivity index (χ2n) is 1.99. The molecule has 1 rings (SSSR count). The first-order valence-corrected chi connectivity index (χ1v) is 2.75. The van der Waals surface area contributed by atoms with E-state index in [1.807, 2.05) is 0 Å². The molecular weight excluding hydrogens is 203 g/mol. The molecule has 0 aliphatic rings. The lowest BCUT2D eigenvalue weighted by molar-refractivity contribution is -0.297. The van der Waals surface area contributed by atoms with Crippen LogP contribution in [0.1, 0.15) is 5.89 Å². The van der Waals surface area contributed by atoms with Gasteiger partial charge in [-0.3, -0.25) is 0 Å². The van der Waals surface area contributed by atoms with Crippen LogP contribution in [-0.4, -0.2) is 16.4 Å². The van der Waals surface area contributed by atoms with Crippen LogP contribution in [0.3, 0.4) is 0 Å². The van der Waals surface area contributed by atoms with Crippen LogP contribution < -0.4 is 5.76 Å². The summed E-state index contributed by atoms with van der Waals surface area (Å²) in [7, 11) is 0. The molecule has 0 aliphatic heterocycles. The number of aromatic amines is 1. The van der Waals surface area contributed by atoms with Gasteiger partial charge in [0.15, 0.2) is 0 Å². The van der Waals surface area contributed by atoms with E-state index in [1.54, 1.807) is 0 Å². The van der Waals surface area contributed by atoms with Gasteiger partial charge < -0.3 is 4.42 Å². The third-order valence-corrected chi connectivity index (χ3v) is 1.06. The fraction of sp³-hybridized carbons (Fsp3) is 0.500. The molecule has 0 amide bonds. The lowest BCUT2D eigenvalue weighted by Crippen LogP contribution is -2.34. The lowest BCUT2D eigenvalue weighted by atomic mass is 10.3. The SMILES string of the molecule is O=c1[nH]nc(C(F)(F)C(F)(F)F)o1. The number of nitrogens with one attached hydrogen (secondary N) is 1. The van der Waals surface area contributed by atoms with E-state index in [2.05, 4.69) is 9.52 Å². The van der Waals surface area contributed by atoms with E-state index in [0.717, 1.165) is 0 Å². The van der Waals surface area contributed by atoms with Gasteiger partial charge >= 0.3 is 17.9 Å². The van der Waals surface area contributed by atoms with Gasteiger partial charge in [-0.15, -0.1) is 5.10 Å². The fourth-order valence-corrected chi connectivity index (χ4v) is 0.485. The zero-order valence-electron chi connectivity index (χ0n) is 5.65. The molecule has 1 aromatic rings. The number of hydrogen-bond donors (Lipinski definition) is 1. The van der Waals surface area contributed by atoms with Gasteiger partial charge in [0, 0.05) is 0 Å². The van der Waals surface area contributed by atoms with Crippen molar-refractivity contribution in [1.29, 1.82) is 0 Å². The van der Waals surface area contributed by atoms with Crippen molar-refractivity contribution >= 4 is 0 Å². The summed E-state index contributed by atoms with van der Waals surface area (Å²) in [4.78, 5) is 10.1. The summed E-state index contributed by atoms with van der Waals surface area (Å²) >= 11 is 0. The maximum absolute atomic E-state index is 12.2. The molecule has 0 saturated heterocycles. The summed E-state index contributed by atoms with van der Waals surface area (Å²) in [6, 6.07) is 0. The molecule has 0 saturated carbocycles. The Morgan fingerprint density at radius 1 is 1.23 bits per heavy atom. The lowest BCUT2D eigenvalue weighted by Gasteiger charge is -2.14. The van der Waals surface area contributed by atoms with E-state index < -0.39 is 23.7 Å². The minimum Gasteiger partial charge on any atom is -0.385 e. The molecule has 0 spiro atoms. The summed E-state index contributed by atoms with van der Waals surface area (Å²) < 4.78 is 62.6. The molecule has 1 heterocycles. The van der Waals surface area contributed by atoms with Gasteiger partial charge in [-0.1, -0.05) is 0 Å². The zero-order valence-corrected chi connectivity index (χ0v) is 5.65. The van der Waals surface area contributed by atoms with Crippen LogP contribution in [0.5, 0.6) is 0 Å². The number of H-pyrrole nitrogens is 1. The van der Waals surface area contributed by atoms with Crippen LogP contribution in [-0.2, 0) is 5.92 Å².